The van der Waals surface area contributed by atoms with Crippen molar-refractivity contribution < 1.29 is 4.74 Å². The van der Waals surface area contributed by atoms with Crippen LogP contribution < -0.4 is 10.1 Å². The van der Waals surface area contributed by atoms with Crippen molar-refractivity contribution in [2.75, 3.05) is 7.11 Å². The third kappa shape index (κ3) is 4.61. The number of nitrogens with one attached hydrogen (secondary N) is 1. The Kier molecular flexibility index (Phi) is 5.92. The lowest BCUT2D eigenvalue weighted by atomic mass is 9.82. The number of benzene rings is 2. The van der Waals surface area contributed by atoms with E-state index in [2.05, 4.69) is 66.8 Å². The van der Waals surface area contributed by atoms with Crippen LogP contribution in [0.2, 0.25) is 0 Å². The van der Waals surface area contributed by atoms with Crippen molar-refractivity contribution in [2.24, 2.45) is 5.92 Å². The molecule has 1 N–H and O–H groups in total. The lowest BCUT2D eigenvalue weighted by molar-refractivity contribution is 0.277. The van der Waals surface area contributed by atoms with Crippen LogP contribution in [0.15, 0.2) is 54.6 Å². The molecule has 1 aliphatic carbocycles. The van der Waals surface area contributed by atoms with Crippen LogP contribution in [-0.2, 0) is 6.42 Å². The molecule has 0 spiro atoms. The number of methoxy groups -OCH3 is 1. The van der Waals surface area contributed by atoms with E-state index >= 15 is 0 Å². The summed E-state index contributed by atoms with van der Waals surface area (Å²) in [5.41, 5.74) is 2.82. The highest BCUT2D eigenvalue weighted by molar-refractivity contribution is 5.27. The zero-order valence-electron chi connectivity index (χ0n) is 14.9. The minimum absolute atomic E-state index is 0.439. The molecule has 1 saturated carbocycles. The predicted molar refractivity (Wildman–Crippen MR) is 100 cm³/mol. The number of hydrogen-bond donors (Lipinski definition) is 1. The Labute approximate surface area is 146 Å². The van der Waals surface area contributed by atoms with Crippen molar-refractivity contribution >= 4 is 0 Å². The van der Waals surface area contributed by atoms with Crippen molar-refractivity contribution in [3.8, 4) is 5.75 Å². The van der Waals surface area contributed by atoms with Gasteiger partial charge in [0, 0.05) is 12.1 Å². The van der Waals surface area contributed by atoms with Gasteiger partial charge in [-0.1, -0.05) is 42.5 Å². The fraction of sp³-hybridized carbons (Fsp3) is 0.455. The lowest BCUT2D eigenvalue weighted by Crippen LogP contribution is -2.35. The molecule has 0 radical (unpaired) electrons. The second-order valence-corrected chi connectivity index (χ2v) is 7.07. The van der Waals surface area contributed by atoms with Crippen LogP contribution in [0.1, 0.15) is 49.8 Å². The number of rotatable bonds is 6. The second kappa shape index (κ2) is 8.34. The van der Waals surface area contributed by atoms with Gasteiger partial charge in [0.15, 0.2) is 0 Å². The monoisotopic (exact) mass is 323 g/mol. The molecule has 128 valence electrons. The molecule has 0 saturated heterocycles. The fourth-order valence-electron chi connectivity index (χ4n) is 3.82. The van der Waals surface area contributed by atoms with Crippen LogP contribution in [0.3, 0.4) is 0 Å². The zero-order valence-corrected chi connectivity index (χ0v) is 14.9. The van der Waals surface area contributed by atoms with E-state index in [1.54, 1.807) is 7.11 Å². The molecule has 1 atom stereocenters. The summed E-state index contributed by atoms with van der Waals surface area (Å²) in [5, 5.41) is 3.82. The molecule has 1 aliphatic rings. The molecule has 24 heavy (non-hydrogen) atoms. The maximum Gasteiger partial charge on any atom is 0.118 e. The molecule has 2 aromatic rings. The smallest absolute Gasteiger partial charge is 0.118 e. The SMILES string of the molecule is COc1ccc(C[C@H]2CC[C@H](N[C@@H](C)c3ccccc3)CC2)cc1. The highest BCUT2D eigenvalue weighted by Gasteiger charge is 2.22. The standard InChI is InChI=1S/C22H29NO/c1-17(20-6-4-3-5-7-20)23-21-12-8-18(9-13-21)16-19-10-14-22(24-2)15-11-19/h3-7,10-11,14-15,17-18,21,23H,8-9,12-13,16H2,1-2H3/t17-,18-,21-/m0/s1. The molecular formula is C22H29NO. The first-order valence-corrected chi connectivity index (χ1v) is 9.18. The van der Waals surface area contributed by atoms with Gasteiger partial charge < -0.3 is 10.1 Å². The van der Waals surface area contributed by atoms with Crippen molar-refractivity contribution in [1.82, 2.24) is 5.32 Å². The van der Waals surface area contributed by atoms with Crippen molar-refractivity contribution in [3.05, 3.63) is 65.7 Å². The van der Waals surface area contributed by atoms with Gasteiger partial charge in [-0.15, -0.1) is 0 Å². The van der Waals surface area contributed by atoms with Gasteiger partial charge in [-0.2, -0.15) is 0 Å². The summed E-state index contributed by atoms with van der Waals surface area (Å²) in [4.78, 5) is 0. The van der Waals surface area contributed by atoms with Crippen LogP contribution in [0.25, 0.3) is 0 Å². The Morgan fingerprint density at radius 1 is 0.958 bits per heavy atom. The minimum Gasteiger partial charge on any atom is -0.497 e. The highest BCUT2D eigenvalue weighted by Crippen LogP contribution is 2.29. The van der Waals surface area contributed by atoms with Gasteiger partial charge in [-0.05, 0) is 68.2 Å². The molecule has 0 aromatic heterocycles. The van der Waals surface area contributed by atoms with Gasteiger partial charge in [0.2, 0.25) is 0 Å². The van der Waals surface area contributed by atoms with Crippen LogP contribution in [-0.4, -0.2) is 13.2 Å². The summed E-state index contributed by atoms with van der Waals surface area (Å²) in [7, 11) is 1.72. The number of hydrogen-bond acceptors (Lipinski definition) is 2. The first-order valence-electron chi connectivity index (χ1n) is 9.18. The van der Waals surface area contributed by atoms with Crippen molar-refractivity contribution in [2.45, 2.75) is 51.1 Å². The summed E-state index contributed by atoms with van der Waals surface area (Å²) >= 11 is 0. The molecule has 2 heteroatoms. The van der Waals surface area contributed by atoms with E-state index < -0.39 is 0 Å². The molecule has 0 bridgehead atoms. The van der Waals surface area contributed by atoms with Gasteiger partial charge in [0.05, 0.1) is 7.11 Å². The molecule has 2 aromatic carbocycles. The maximum atomic E-state index is 5.24. The highest BCUT2D eigenvalue weighted by atomic mass is 16.5. The molecule has 0 heterocycles. The Hall–Kier alpha value is -1.80. The summed E-state index contributed by atoms with van der Waals surface area (Å²) in [6, 6.07) is 20.4. The van der Waals surface area contributed by atoms with Gasteiger partial charge in [-0.25, -0.2) is 0 Å². The molecule has 0 aliphatic heterocycles. The van der Waals surface area contributed by atoms with E-state index in [-0.39, 0.29) is 0 Å². The van der Waals surface area contributed by atoms with Gasteiger partial charge in [0.1, 0.15) is 5.75 Å². The second-order valence-electron chi connectivity index (χ2n) is 7.07. The van der Waals surface area contributed by atoms with E-state index in [0.29, 0.717) is 12.1 Å². The van der Waals surface area contributed by atoms with E-state index in [1.165, 1.54) is 43.2 Å². The average molecular weight is 323 g/mol. The van der Waals surface area contributed by atoms with Crippen molar-refractivity contribution in [3.63, 3.8) is 0 Å². The Morgan fingerprint density at radius 2 is 1.62 bits per heavy atom. The summed E-state index contributed by atoms with van der Waals surface area (Å²) in [6.45, 7) is 2.28. The largest absolute Gasteiger partial charge is 0.497 e. The van der Waals surface area contributed by atoms with Crippen LogP contribution in [0, 0.1) is 5.92 Å². The average Bonchev–Trinajstić information content (AvgIpc) is 2.65. The first kappa shape index (κ1) is 17.0. The zero-order chi connectivity index (χ0) is 16.8. The molecule has 3 rings (SSSR count). The summed E-state index contributed by atoms with van der Waals surface area (Å²) in [5.74, 6) is 1.77. The summed E-state index contributed by atoms with van der Waals surface area (Å²) < 4.78 is 5.24. The maximum absolute atomic E-state index is 5.24. The van der Waals surface area contributed by atoms with Crippen LogP contribution in [0.5, 0.6) is 5.75 Å². The quantitative estimate of drug-likeness (QED) is 0.794. The topological polar surface area (TPSA) is 21.3 Å². The summed E-state index contributed by atoms with van der Waals surface area (Å²) in [6.07, 6.45) is 6.43. The van der Waals surface area contributed by atoms with E-state index in [1.807, 2.05) is 0 Å². The third-order valence-electron chi connectivity index (χ3n) is 5.32. The first-order chi connectivity index (χ1) is 11.7. The third-order valence-corrected chi connectivity index (χ3v) is 5.32. The van der Waals surface area contributed by atoms with Gasteiger partial charge in [-0.3, -0.25) is 0 Å². The Balaban J connectivity index is 1.45. The van der Waals surface area contributed by atoms with E-state index in [0.717, 1.165) is 11.7 Å². The predicted octanol–water partition coefficient (Wildman–Crippen LogP) is 5.15. The molecule has 2 nitrogen and oxygen atoms in total. The van der Waals surface area contributed by atoms with Crippen molar-refractivity contribution in [1.29, 1.82) is 0 Å². The van der Waals surface area contributed by atoms with Gasteiger partial charge in [0.25, 0.3) is 0 Å². The normalized spacial score (nSPS) is 22.1. The minimum atomic E-state index is 0.439. The number of ether oxygens (including phenoxy) is 1. The van der Waals surface area contributed by atoms with Crippen LogP contribution in [0.4, 0.5) is 0 Å². The van der Waals surface area contributed by atoms with Crippen LogP contribution >= 0.6 is 0 Å². The Bertz CT molecular complexity index is 600. The van der Waals surface area contributed by atoms with E-state index in [9.17, 15) is 0 Å². The molecule has 0 unspecified atom stereocenters. The fourth-order valence-corrected chi connectivity index (χ4v) is 3.82. The van der Waals surface area contributed by atoms with E-state index in [4.69, 9.17) is 4.74 Å². The Morgan fingerprint density at radius 3 is 2.25 bits per heavy atom. The van der Waals surface area contributed by atoms with Gasteiger partial charge >= 0.3 is 0 Å². The lowest BCUT2D eigenvalue weighted by Gasteiger charge is -2.31. The molecule has 0 amide bonds. The molecular weight excluding hydrogens is 294 g/mol. The molecule has 1 fully saturated rings.